The number of aliphatic hydroxyl groups is 1. The smallest absolute Gasteiger partial charge is 0.416 e. The van der Waals surface area contributed by atoms with Crippen LogP contribution in [0.25, 0.3) is 0 Å². The third kappa shape index (κ3) is 5.10. The molecule has 1 fully saturated rings. The predicted molar refractivity (Wildman–Crippen MR) is 81.6 cm³/mol. The molecule has 0 aliphatic carbocycles. The summed E-state index contributed by atoms with van der Waals surface area (Å²) < 4.78 is 43.7. The molecular weight excluding hydrogens is 325 g/mol. The molecule has 1 amide bonds. The summed E-state index contributed by atoms with van der Waals surface area (Å²) in [6.07, 6.45) is -5.79. The molecule has 1 saturated heterocycles. The minimum Gasteiger partial charge on any atom is -0.448 e. The van der Waals surface area contributed by atoms with Gasteiger partial charge in [-0.15, -0.1) is 0 Å². The number of likely N-dealkylation sites (N-methyl/N-ethyl adjacent to an activating group) is 1. The zero-order chi connectivity index (χ0) is 17.7. The summed E-state index contributed by atoms with van der Waals surface area (Å²) in [5, 5.41) is 10.1. The van der Waals surface area contributed by atoms with Gasteiger partial charge in [0.1, 0.15) is 6.61 Å². The number of carbonyl (C=O) groups is 1. The molecule has 1 atom stereocenters. The highest BCUT2D eigenvalue weighted by atomic mass is 19.4. The lowest BCUT2D eigenvalue weighted by Crippen LogP contribution is -2.37. The summed E-state index contributed by atoms with van der Waals surface area (Å²) in [7, 11) is 1.75. The average Bonchev–Trinajstić information content (AvgIpc) is 2.89. The van der Waals surface area contributed by atoms with Gasteiger partial charge in [0.25, 0.3) is 0 Å². The Bertz CT molecular complexity index is 566. The van der Waals surface area contributed by atoms with Crippen molar-refractivity contribution in [3.05, 3.63) is 35.4 Å². The fraction of sp³-hybridized carbons (Fsp3) is 0.562. The molecule has 8 heteroatoms. The fourth-order valence-electron chi connectivity index (χ4n) is 2.66. The third-order valence-corrected chi connectivity index (χ3v) is 3.90. The molecule has 1 aliphatic rings. The molecule has 1 heterocycles. The lowest BCUT2D eigenvalue weighted by atomic mass is 10.0. The topological polar surface area (TPSA) is 53.0 Å². The van der Waals surface area contributed by atoms with Crippen LogP contribution in [0.5, 0.6) is 0 Å². The normalized spacial score (nSPS) is 16.6. The molecule has 1 N–H and O–H groups in total. The summed E-state index contributed by atoms with van der Waals surface area (Å²) in [5.74, 6) is 0. The van der Waals surface area contributed by atoms with E-state index < -0.39 is 17.8 Å². The maximum atomic E-state index is 13.0. The number of hydrogen-bond acceptors (Lipinski definition) is 4. The molecule has 1 unspecified atom stereocenters. The lowest BCUT2D eigenvalue weighted by molar-refractivity contribution is -0.138. The molecule has 2 rings (SSSR count). The second-order valence-corrected chi connectivity index (χ2v) is 5.88. The van der Waals surface area contributed by atoms with Crippen molar-refractivity contribution in [2.75, 3.05) is 39.8 Å². The number of nitrogens with zero attached hydrogens (tertiary/aromatic N) is 2. The van der Waals surface area contributed by atoms with E-state index in [-0.39, 0.29) is 24.6 Å². The van der Waals surface area contributed by atoms with E-state index in [1.54, 1.807) is 16.8 Å². The van der Waals surface area contributed by atoms with Gasteiger partial charge in [0, 0.05) is 26.1 Å². The molecule has 134 valence electrons. The van der Waals surface area contributed by atoms with E-state index in [2.05, 4.69) is 0 Å². The van der Waals surface area contributed by atoms with Crippen LogP contribution in [0, 0.1) is 0 Å². The first kappa shape index (κ1) is 18.5. The highest BCUT2D eigenvalue weighted by Gasteiger charge is 2.33. The van der Waals surface area contributed by atoms with Crippen molar-refractivity contribution < 1.29 is 27.8 Å². The zero-order valence-corrected chi connectivity index (χ0v) is 13.4. The van der Waals surface area contributed by atoms with Gasteiger partial charge >= 0.3 is 12.3 Å². The van der Waals surface area contributed by atoms with E-state index >= 15 is 0 Å². The van der Waals surface area contributed by atoms with Crippen LogP contribution in [0.3, 0.4) is 0 Å². The Kier molecular flexibility index (Phi) is 6.06. The van der Waals surface area contributed by atoms with E-state index in [0.717, 1.165) is 6.07 Å². The van der Waals surface area contributed by atoms with Gasteiger partial charge in [0.05, 0.1) is 18.2 Å². The number of amides is 1. The Morgan fingerprint density at radius 1 is 1.38 bits per heavy atom. The summed E-state index contributed by atoms with van der Waals surface area (Å²) >= 11 is 0. The SMILES string of the molecule is CN(CCN1CCOC1=O)CC(O)Cc1ccccc1C(F)(F)F. The molecule has 0 saturated carbocycles. The van der Waals surface area contributed by atoms with Gasteiger partial charge in [-0.3, -0.25) is 0 Å². The van der Waals surface area contributed by atoms with E-state index in [9.17, 15) is 23.1 Å². The third-order valence-electron chi connectivity index (χ3n) is 3.90. The average molecular weight is 346 g/mol. The first-order valence-electron chi connectivity index (χ1n) is 7.71. The van der Waals surface area contributed by atoms with Crippen LogP contribution in [-0.4, -0.2) is 66.9 Å². The van der Waals surface area contributed by atoms with Gasteiger partial charge in [-0.05, 0) is 18.7 Å². The van der Waals surface area contributed by atoms with Gasteiger partial charge in [-0.25, -0.2) is 4.79 Å². The number of carbonyl (C=O) groups excluding carboxylic acids is 1. The second-order valence-electron chi connectivity index (χ2n) is 5.88. The van der Waals surface area contributed by atoms with Gasteiger partial charge in [-0.1, -0.05) is 18.2 Å². The molecule has 0 bridgehead atoms. The number of alkyl halides is 3. The van der Waals surface area contributed by atoms with E-state index in [4.69, 9.17) is 4.74 Å². The van der Waals surface area contributed by atoms with E-state index in [0.29, 0.717) is 26.2 Å². The second kappa shape index (κ2) is 7.85. The number of benzene rings is 1. The standard InChI is InChI=1S/C16H21F3N2O3/c1-20(6-7-21-8-9-24-15(21)23)11-13(22)10-12-4-2-3-5-14(12)16(17,18)19/h2-5,13,22H,6-11H2,1H3. The predicted octanol–water partition coefficient (Wildman–Crippen LogP) is 1.99. The Hall–Kier alpha value is -1.80. The van der Waals surface area contributed by atoms with Crippen LogP contribution in [-0.2, 0) is 17.3 Å². The van der Waals surface area contributed by atoms with Crippen LogP contribution in [0.4, 0.5) is 18.0 Å². The first-order valence-corrected chi connectivity index (χ1v) is 7.71. The Morgan fingerprint density at radius 2 is 2.08 bits per heavy atom. The lowest BCUT2D eigenvalue weighted by Gasteiger charge is -2.23. The molecule has 0 radical (unpaired) electrons. The van der Waals surface area contributed by atoms with E-state index in [1.165, 1.54) is 18.2 Å². The highest BCUT2D eigenvalue weighted by Crippen LogP contribution is 2.32. The zero-order valence-electron chi connectivity index (χ0n) is 13.4. The summed E-state index contributed by atoms with van der Waals surface area (Å²) in [6.45, 7) is 2.09. The molecule has 1 aromatic rings. The van der Waals surface area contributed by atoms with Crippen molar-refractivity contribution >= 4 is 6.09 Å². The summed E-state index contributed by atoms with van der Waals surface area (Å²) in [4.78, 5) is 14.7. The minimum absolute atomic E-state index is 0.0776. The minimum atomic E-state index is -4.43. The van der Waals surface area contributed by atoms with Crippen molar-refractivity contribution in [1.29, 1.82) is 0 Å². The van der Waals surface area contributed by atoms with Crippen LogP contribution < -0.4 is 0 Å². The maximum Gasteiger partial charge on any atom is 0.416 e. The molecule has 1 aromatic carbocycles. The Balaban J connectivity index is 1.84. The largest absolute Gasteiger partial charge is 0.448 e. The fourth-order valence-corrected chi connectivity index (χ4v) is 2.66. The number of aliphatic hydroxyl groups excluding tert-OH is 1. The van der Waals surface area contributed by atoms with Crippen LogP contribution in [0.1, 0.15) is 11.1 Å². The summed E-state index contributed by atoms with van der Waals surface area (Å²) in [6, 6.07) is 5.26. The van der Waals surface area contributed by atoms with Crippen molar-refractivity contribution in [1.82, 2.24) is 9.80 Å². The number of hydrogen-bond donors (Lipinski definition) is 1. The van der Waals surface area contributed by atoms with Gasteiger partial charge in [-0.2, -0.15) is 13.2 Å². The maximum absolute atomic E-state index is 13.0. The Morgan fingerprint density at radius 3 is 2.71 bits per heavy atom. The van der Waals surface area contributed by atoms with Crippen molar-refractivity contribution in [3.63, 3.8) is 0 Å². The summed E-state index contributed by atoms with van der Waals surface area (Å²) in [5.41, 5.74) is -0.638. The molecule has 0 spiro atoms. The molecule has 5 nitrogen and oxygen atoms in total. The van der Waals surface area contributed by atoms with E-state index in [1.807, 2.05) is 0 Å². The van der Waals surface area contributed by atoms with Crippen molar-refractivity contribution in [2.24, 2.45) is 0 Å². The van der Waals surface area contributed by atoms with Crippen molar-refractivity contribution in [2.45, 2.75) is 18.7 Å². The van der Waals surface area contributed by atoms with Gasteiger partial charge < -0.3 is 19.6 Å². The number of cyclic esters (lactones) is 1. The van der Waals surface area contributed by atoms with Crippen LogP contribution >= 0.6 is 0 Å². The van der Waals surface area contributed by atoms with Crippen LogP contribution in [0.2, 0.25) is 0 Å². The quantitative estimate of drug-likeness (QED) is 0.820. The molecular formula is C16H21F3N2O3. The number of rotatable bonds is 7. The monoisotopic (exact) mass is 346 g/mol. The highest BCUT2D eigenvalue weighted by molar-refractivity contribution is 5.69. The molecule has 0 aromatic heterocycles. The van der Waals surface area contributed by atoms with Crippen molar-refractivity contribution in [3.8, 4) is 0 Å². The molecule has 1 aliphatic heterocycles. The number of halogens is 3. The molecule has 24 heavy (non-hydrogen) atoms. The number of ether oxygens (including phenoxy) is 1. The Labute approximate surface area is 138 Å². The first-order chi connectivity index (χ1) is 11.3. The van der Waals surface area contributed by atoms with Gasteiger partial charge in [0.2, 0.25) is 0 Å². The van der Waals surface area contributed by atoms with Crippen LogP contribution in [0.15, 0.2) is 24.3 Å². The van der Waals surface area contributed by atoms with Gasteiger partial charge in [0.15, 0.2) is 0 Å².